The second kappa shape index (κ2) is 8.18. The van der Waals surface area contributed by atoms with Crippen molar-refractivity contribution in [3.8, 4) is 0 Å². The number of benzene rings is 1. The molecule has 0 radical (unpaired) electrons. The smallest absolute Gasteiger partial charge is 0.0703 e. The van der Waals surface area contributed by atoms with Crippen LogP contribution in [0.2, 0.25) is 0 Å². The van der Waals surface area contributed by atoms with E-state index in [1.165, 1.54) is 42.3 Å². The van der Waals surface area contributed by atoms with Crippen LogP contribution in [0.4, 0.5) is 0 Å². The molecule has 3 nitrogen and oxygen atoms in total. The molecule has 1 N–H and O–H groups in total. The summed E-state index contributed by atoms with van der Waals surface area (Å²) in [6.45, 7) is 8.62. The summed E-state index contributed by atoms with van der Waals surface area (Å²) in [4.78, 5) is 0. The molecule has 0 aliphatic heterocycles. The van der Waals surface area contributed by atoms with Gasteiger partial charge in [-0.1, -0.05) is 38.5 Å². The third kappa shape index (κ3) is 4.07. The molecule has 1 aromatic heterocycles. The molecule has 1 heterocycles. The highest BCUT2D eigenvalue weighted by atomic mass is 15.3. The van der Waals surface area contributed by atoms with Gasteiger partial charge < -0.3 is 5.32 Å². The Hall–Kier alpha value is -1.35. The van der Waals surface area contributed by atoms with Crippen molar-refractivity contribution in [2.24, 2.45) is 0 Å². The quantitative estimate of drug-likeness (QED) is 0.750. The molecule has 0 saturated carbocycles. The third-order valence-corrected chi connectivity index (χ3v) is 4.13. The van der Waals surface area contributed by atoms with Gasteiger partial charge in [0.15, 0.2) is 0 Å². The third-order valence-electron chi connectivity index (χ3n) is 4.13. The van der Waals surface area contributed by atoms with E-state index in [-0.39, 0.29) is 0 Å². The molecule has 0 aliphatic rings. The van der Waals surface area contributed by atoms with Gasteiger partial charge in [-0.2, -0.15) is 5.10 Å². The summed E-state index contributed by atoms with van der Waals surface area (Å²) in [5.41, 5.74) is 2.53. The summed E-state index contributed by atoms with van der Waals surface area (Å²) >= 11 is 0. The lowest BCUT2D eigenvalue weighted by molar-refractivity contribution is 0.446. The van der Waals surface area contributed by atoms with Gasteiger partial charge in [-0.15, -0.1) is 0 Å². The predicted molar refractivity (Wildman–Crippen MR) is 90.7 cm³/mol. The van der Waals surface area contributed by atoms with Gasteiger partial charge in [0, 0.05) is 18.0 Å². The van der Waals surface area contributed by atoms with Gasteiger partial charge in [-0.25, -0.2) is 0 Å². The van der Waals surface area contributed by atoms with Crippen LogP contribution in [-0.2, 0) is 13.0 Å². The van der Waals surface area contributed by atoms with Crippen molar-refractivity contribution in [2.45, 2.75) is 65.5 Å². The lowest BCUT2D eigenvalue weighted by Crippen LogP contribution is -2.28. The Kier molecular flexibility index (Phi) is 6.24. The molecule has 3 heteroatoms. The van der Waals surface area contributed by atoms with E-state index < -0.39 is 0 Å². The molecule has 2 rings (SSSR count). The fourth-order valence-electron chi connectivity index (χ4n) is 3.12. The summed E-state index contributed by atoms with van der Waals surface area (Å²) in [7, 11) is 0. The standard InChI is InChI=1S/C18H29N3/c1-4-10-15(19-5-2)11-9-13-17-16-12-7-8-14-18(16)21(6-3)20-17/h7-8,12,14-15,19H,4-6,9-11,13H2,1-3H3. The van der Waals surface area contributed by atoms with Crippen molar-refractivity contribution < 1.29 is 0 Å². The molecule has 0 amide bonds. The van der Waals surface area contributed by atoms with Gasteiger partial charge in [-0.3, -0.25) is 4.68 Å². The normalized spacial score (nSPS) is 12.9. The minimum absolute atomic E-state index is 0.666. The zero-order chi connectivity index (χ0) is 15.1. The minimum Gasteiger partial charge on any atom is -0.314 e. The number of rotatable bonds is 9. The molecule has 1 atom stereocenters. The van der Waals surface area contributed by atoms with Crippen molar-refractivity contribution in [3.05, 3.63) is 30.0 Å². The van der Waals surface area contributed by atoms with Crippen molar-refractivity contribution in [3.63, 3.8) is 0 Å². The Bertz CT molecular complexity index is 538. The fourth-order valence-corrected chi connectivity index (χ4v) is 3.12. The van der Waals surface area contributed by atoms with Crippen LogP contribution in [-0.4, -0.2) is 22.4 Å². The Balaban J connectivity index is 2.00. The predicted octanol–water partition coefficient (Wildman–Crippen LogP) is 4.16. The summed E-state index contributed by atoms with van der Waals surface area (Å²) < 4.78 is 2.12. The van der Waals surface area contributed by atoms with Gasteiger partial charge in [0.2, 0.25) is 0 Å². The average molecular weight is 287 g/mol. The van der Waals surface area contributed by atoms with Crippen LogP contribution in [0.3, 0.4) is 0 Å². The maximum atomic E-state index is 4.79. The van der Waals surface area contributed by atoms with E-state index in [4.69, 9.17) is 5.10 Å². The van der Waals surface area contributed by atoms with E-state index >= 15 is 0 Å². The Morgan fingerprint density at radius 3 is 2.67 bits per heavy atom. The van der Waals surface area contributed by atoms with E-state index in [0.717, 1.165) is 19.5 Å². The highest BCUT2D eigenvalue weighted by Gasteiger charge is 2.10. The van der Waals surface area contributed by atoms with E-state index in [9.17, 15) is 0 Å². The van der Waals surface area contributed by atoms with Crippen LogP contribution >= 0.6 is 0 Å². The first-order valence-corrected chi connectivity index (χ1v) is 8.47. The van der Waals surface area contributed by atoms with Crippen molar-refractivity contribution in [1.29, 1.82) is 0 Å². The number of fused-ring (bicyclic) bond motifs is 1. The van der Waals surface area contributed by atoms with Crippen LogP contribution in [0.25, 0.3) is 10.9 Å². The maximum absolute atomic E-state index is 4.79. The number of aryl methyl sites for hydroxylation is 2. The second-order valence-electron chi connectivity index (χ2n) is 5.72. The number of aromatic nitrogens is 2. The lowest BCUT2D eigenvalue weighted by atomic mass is 10.0. The van der Waals surface area contributed by atoms with Crippen LogP contribution in [0, 0.1) is 0 Å². The molecular formula is C18H29N3. The number of hydrogen-bond donors (Lipinski definition) is 1. The first-order valence-electron chi connectivity index (χ1n) is 8.47. The molecule has 116 valence electrons. The first kappa shape index (κ1) is 16.0. The van der Waals surface area contributed by atoms with Crippen LogP contribution in [0.1, 0.15) is 52.1 Å². The molecule has 0 spiro atoms. The van der Waals surface area contributed by atoms with E-state index in [2.05, 4.69) is 55.0 Å². The number of hydrogen-bond acceptors (Lipinski definition) is 2. The zero-order valence-electron chi connectivity index (χ0n) is 13.7. The van der Waals surface area contributed by atoms with Crippen molar-refractivity contribution in [1.82, 2.24) is 15.1 Å². The van der Waals surface area contributed by atoms with Crippen LogP contribution < -0.4 is 5.32 Å². The minimum atomic E-state index is 0.666. The number of para-hydroxylation sites is 1. The first-order chi connectivity index (χ1) is 10.3. The monoisotopic (exact) mass is 287 g/mol. The molecule has 0 fully saturated rings. The largest absolute Gasteiger partial charge is 0.314 e. The summed E-state index contributed by atoms with van der Waals surface area (Å²) in [5, 5.41) is 9.72. The Morgan fingerprint density at radius 1 is 1.14 bits per heavy atom. The SMILES string of the molecule is CCCC(CCCc1nn(CC)c2ccccc12)NCC. The second-order valence-corrected chi connectivity index (χ2v) is 5.72. The van der Waals surface area contributed by atoms with Crippen molar-refractivity contribution >= 4 is 10.9 Å². The molecule has 0 aliphatic carbocycles. The molecular weight excluding hydrogens is 258 g/mol. The Morgan fingerprint density at radius 2 is 1.95 bits per heavy atom. The molecule has 2 aromatic rings. The molecule has 0 bridgehead atoms. The Labute approximate surface area is 128 Å². The molecule has 21 heavy (non-hydrogen) atoms. The summed E-state index contributed by atoms with van der Waals surface area (Å²) in [6, 6.07) is 9.26. The van der Waals surface area contributed by atoms with Crippen LogP contribution in [0.15, 0.2) is 24.3 Å². The van der Waals surface area contributed by atoms with E-state index in [0.29, 0.717) is 6.04 Å². The van der Waals surface area contributed by atoms with Gasteiger partial charge >= 0.3 is 0 Å². The van der Waals surface area contributed by atoms with Gasteiger partial charge in [0.05, 0.1) is 11.2 Å². The average Bonchev–Trinajstić information content (AvgIpc) is 2.86. The van der Waals surface area contributed by atoms with Gasteiger partial charge in [-0.05, 0) is 45.2 Å². The van der Waals surface area contributed by atoms with E-state index in [1.807, 2.05) is 0 Å². The maximum Gasteiger partial charge on any atom is 0.0703 e. The van der Waals surface area contributed by atoms with Crippen molar-refractivity contribution in [2.75, 3.05) is 6.54 Å². The number of nitrogens with one attached hydrogen (secondary N) is 1. The number of nitrogens with zero attached hydrogens (tertiary/aromatic N) is 2. The zero-order valence-corrected chi connectivity index (χ0v) is 13.7. The highest BCUT2D eigenvalue weighted by molar-refractivity contribution is 5.81. The topological polar surface area (TPSA) is 29.9 Å². The summed E-state index contributed by atoms with van der Waals surface area (Å²) in [6.07, 6.45) is 6.07. The van der Waals surface area contributed by atoms with E-state index in [1.54, 1.807) is 0 Å². The molecule has 1 aromatic carbocycles. The summed E-state index contributed by atoms with van der Waals surface area (Å²) in [5.74, 6) is 0. The van der Waals surface area contributed by atoms with Gasteiger partial charge in [0.1, 0.15) is 0 Å². The molecule has 0 saturated heterocycles. The van der Waals surface area contributed by atoms with Gasteiger partial charge in [0.25, 0.3) is 0 Å². The highest BCUT2D eigenvalue weighted by Crippen LogP contribution is 2.20. The lowest BCUT2D eigenvalue weighted by Gasteiger charge is -2.16. The van der Waals surface area contributed by atoms with Crippen LogP contribution in [0.5, 0.6) is 0 Å². The molecule has 1 unspecified atom stereocenters. The fraction of sp³-hybridized carbons (Fsp3) is 0.611.